The van der Waals surface area contributed by atoms with Gasteiger partial charge in [0, 0.05) is 12.5 Å². The lowest BCUT2D eigenvalue weighted by Crippen LogP contribution is -2.47. The zero-order valence-electron chi connectivity index (χ0n) is 8.42. The maximum absolute atomic E-state index is 10.6. The highest BCUT2D eigenvalue weighted by Gasteiger charge is 2.57. The van der Waals surface area contributed by atoms with Gasteiger partial charge in [0.1, 0.15) is 17.0 Å². The molecule has 0 unspecified atom stereocenters. The average molecular weight is 211 g/mol. The van der Waals surface area contributed by atoms with E-state index in [1.54, 1.807) is 0 Å². The summed E-state index contributed by atoms with van der Waals surface area (Å²) in [6.45, 7) is 2.35. The summed E-state index contributed by atoms with van der Waals surface area (Å²) in [7, 11) is 0. The highest BCUT2D eigenvalue weighted by Crippen LogP contribution is 2.46. The van der Waals surface area contributed by atoms with Gasteiger partial charge in [0.05, 0.1) is 6.04 Å². The van der Waals surface area contributed by atoms with Gasteiger partial charge in [-0.05, 0) is 12.8 Å². The first-order valence-corrected chi connectivity index (χ1v) is 5.14. The average Bonchev–Trinajstić information content (AvgIpc) is 2.73. The van der Waals surface area contributed by atoms with Gasteiger partial charge < -0.3 is 10.3 Å². The van der Waals surface area contributed by atoms with Crippen molar-refractivity contribution in [3.8, 4) is 0 Å². The monoisotopic (exact) mass is 211 g/mol. The molecule has 0 radical (unpaired) electrons. The summed E-state index contributed by atoms with van der Waals surface area (Å²) in [5, 5.41) is 29.1. The molecule has 1 fully saturated rings. The maximum Gasteiger partial charge on any atom is 0.141 e. The molecule has 2 aliphatic rings. The Labute approximate surface area is 86.4 Å². The Morgan fingerprint density at radius 1 is 1.53 bits per heavy atom. The third-order valence-corrected chi connectivity index (χ3v) is 3.67. The van der Waals surface area contributed by atoms with Gasteiger partial charge in [-0.25, -0.2) is 4.63 Å². The lowest BCUT2D eigenvalue weighted by Gasteiger charge is -2.35. The number of aryl methyl sites for hydroxylation is 1. The Bertz CT molecular complexity index is 394. The van der Waals surface area contributed by atoms with E-state index in [2.05, 4.69) is 14.9 Å². The summed E-state index contributed by atoms with van der Waals surface area (Å²) in [6, 6.07) is -0.285. The molecule has 6 nitrogen and oxygen atoms in total. The summed E-state index contributed by atoms with van der Waals surface area (Å²) < 4.78 is 4.66. The fourth-order valence-corrected chi connectivity index (χ4v) is 2.81. The minimum atomic E-state index is -1.11. The molecule has 0 saturated carbocycles. The fraction of sp³-hybridized carbons (Fsp3) is 0.778. The molecular formula is C9H13N3O3. The molecule has 2 N–H and O–H groups in total. The van der Waals surface area contributed by atoms with Crippen molar-refractivity contribution in [3.05, 3.63) is 11.4 Å². The molecule has 6 heteroatoms. The van der Waals surface area contributed by atoms with Crippen LogP contribution in [0.2, 0.25) is 0 Å². The van der Waals surface area contributed by atoms with Gasteiger partial charge in [-0.3, -0.25) is 0 Å². The van der Waals surface area contributed by atoms with Crippen LogP contribution in [0.4, 0.5) is 0 Å². The zero-order chi connectivity index (χ0) is 10.6. The molecule has 0 aromatic carbocycles. The number of nitrogens with zero attached hydrogens (tertiary/aromatic N) is 3. The summed E-state index contributed by atoms with van der Waals surface area (Å²) in [5.41, 5.74) is 0.112. The second-order valence-corrected chi connectivity index (χ2v) is 4.46. The van der Waals surface area contributed by atoms with Crippen LogP contribution in [0.25, 0.3) is 0 Å². The van der Waals surface area contributed by atoms with Crippen LogP contribution in [0, 0.1) is 5.92 Å². The van der Waals surface area contributed by atoms with Crippen LogP contribution < -0.4 is 0 Å². The van der Waals surface area contributed by atoms with Crippen LogP contribution in [0.15, 0.2) is 4.63 Å². The van der Waals surface area contributed by atoms with Crippen molar-refractivity contribution in [3.63, 3.8) is 0 Å². The van der Waals surface area contributed by atoms with E-state index in [-0.39, 0.29) is 12.0 Å². The number of hydroxylamine groups is 2. The van der Waals surface area contributed by atoms with Crippen LogP contribution in [0.1, 0.15) is 24.7 Å². The molecule has 1 aliphatic carbocycles. The lowest BCUT2D eigenvalue weighted by atomic mass is 9.76. The van der Waals surface area contributed by atoms with Crippen molar-refractivity contribution in [1.29, 1.82) is 0 Å². The first-order chi connectivity index (χ1) is 7.14. The van der Waals surface area contributed by atoms with Crippen molar-refractivity contribution in [2.24, 2.45) is 5.92 Å². The molecule has 1 aromatic heterocycles. The van der Waals surface area contributed by atoms with Crippen LogP contribution in [0.5, 0.6) is 0 Å². The third kappa shape index (κ3) is 0.987. The Morgan fingerprint density at radius 3 is 3.13 bits per heavy atom. The largest absolute Gasteiger partial charge is 0.381 e. The lowest BCUT2D eigenvalue weighted by molar-refractivity contribution is -0.145. The highest BCUT2D eigenvalue weighted by molar-refractivity contribution is 5.27. The van der Waals surface area contributed by atoms with E-state index in [1.165, 1.54) is 5.06 Å². The van der Waals surface area contributed by atoms with Crippen molar-refractivity contribution in [2.45, 2.75) is 31.4 Å². The number of hydrogen-bond acceptors (Lipinski definition) is 6. The molecule has 1 saturated heterocycles. The number of aliphatic hydroxyl groups is 1. The first-order valence-electron chi connectivity index (χ1n) is 5.14. The summed E-state index contributed by atoms with van der Waals surface area (Å²) in [5.74, 6) is -0.0709. The van der Waals surface area contributed by atoms with E-state index in [1.807, 2.05) is 6.92 Å². The molecule has 1 aliphatic heterocycles. The smallest absolute Gasteiger partial charge is 0.141 e. The molecule has 82 valence electrons. The van der Waals surface area contributed by atoms with Crippen molar-refractivity contribution >= 4 is 0 Å². The molecule has 3 rings (SSSR count). The van der Waals surface area contributed by atoms with Crippen molar-refractivity contribution < 1.29 is 14.9 Å². The number of fused-ring (bicyclic) bond motifs is 3. The molecule has 0 spiro atoms. The van der Waals surface area contributed by atoms with Crippen LogP contribution in [-0.4, -0.2) is 38.3 Å². The maximum atomic E-state index is 10.6. The number of hydrogen-bond donors (Lipinski definition) is 2. The zero-order valence-corrected chi connectivity index (χ0v) is 8.42. The molecule has 15 heavy (non-hydrogen) atoms. The summed E-state index contributed by atoms with van der Waals surface area (Å²) in [6.07, 6.45) is 1.37. The quantitative estimate of drug-likeness (QED) is 0.624. The second kappa shape index (κ2) is 2.78. The van der Waals surface area contributed by atoms with Gasteiger partial charge in [0.2, 0.25) is 0 Å². The standard InChI is InChI=1S/C9H13N3O3/c1-5-4-12(14)7-3-2-6-8(9(5,7)13)11-15-10-6/h5,7,13-14H,2-4H2,1H3/t5-,7+,9+/m0/s1. The molecule has 0 bridgehead atoms. The Kier molecular flexibility index (Phi) is 1.72. The van der Waals surface area contributed by atoms with E-state index in [4.69, 9.17) is 0 Å². The van der Waals surface area contributed by atoms with Crippen molar-refractivity contribution in [2.75, 3.05) is 6.54 Å². The van der Waals surface area contributed by atoms with E-state index in [9.17, 15) is 10.3 Å². The molecule has 0 amide bonds. The minimum Gasteiger partial charge on any atom is -0.381 e. The van der Waals surface area contributed by atoms with Gasteiger partial charge >= 0.3 is 0 Å². The first kappa shape index (κ1) is 9.26. The van der Waals surface area contributed by atoms with Gasteiger partial charge in [-0.2, -0.15) is 5.06 Å². The minimum absolute atomic E-state index is 0.0709. The molecule has 2 heterocycles. The van der Waals surface area contributed by atoms with E-state index < -0.39 is 5.60 Å². The predicted molar refractivity (Wildman–Crippen MR) is 48.0 cm³/mol. The van der Waals surface area contributed by atoms with Crippen LogP contribution in [-0.2, 0) is 12.0 Å². The normalized spacial score (nSPS) is 40.2. The van der Waals surface area contributed by atoms with Crippen LogP contribution >= 0.6 is 0 Å². The molecular weight excluding hydrogens is 198 g/mol. The Morgan fingerprint density at radius 2 is 2.33 bits per heavy atom. The van der Waals surface area contributed by atoms with Crippen molar-refractivity contribution in [1.82, 2.24) is 15.4 Å². The van der Waals surface area contributed by atoms with Gasteiger partial charge in [-0.15, -0.1) is 0 Å². The SMILES string of the molecule is C[C@H]1CN(O)[C@@H]2CCc3nonc3[C@@]12O. The fourth-order valence-electron chi connectivity index (χ4n) is 2.81. The Balaban J connectivity index is 2.14. The second-order valence-electron chi connectivity index (χ2n) is 4.46. The number of aromatic nitrogens is 2. The highest BCUT2D eigenvalue weighted by atomic mass is 16.6. The van der Waals surface area contributed by atoms with Gasteiger partial charge in [-0.1, -0.05) is 17.2 Å². The van der Waals surface area contributed by atoms with E-state index in [0.29, 0.717) is 25.1 Å². The molecule has 3 atom stereocenters. The topological polar surface area (TPSA) is 82.6 Å². The Hall–Kier alpha value is -0.980. The van der Waals surface area contributed by atoms with Gasteiger partial charge in [0.15, 0.2) is 0 Å². The van der Waals surface area contributed by atoms with E-state index >= 15 is 0 Å². The third-order valence-electron chi connectivity index (χ3n) is 3.67. The van der Waals surface area contributed by atoms with E-state index in [0.717, 1.165) is 5.69 Å². The predicted octanol–water partition coefficient (Wildman–Crippen LogP) is -0.0871. The summed E-state index contributed by atoms with van der Waals surface area (Å²) >= 11 is 0. The molecule has 1 aromatic rings. The van der Waals surface area contributed by atoms with Crippen LogP contribution in [0.3, 0.4) is 0 Å². The summed E-state index contributed by atoms with van der Waals surface area (Å²) in [4.78, 5) is 0. The number of rotatable bonds is 0. The van der Waals surface area contributed by atoms with Gasteiger partial charge in [0.25, 0.3) is 0 Å².